The van der Waals surface area contributed by atoms with Crippen LogP contribution in [0.4, 0.5) is 11.4 Å². The second kappa shape index (κ2) is 8.78. The lowest BCUT2D eigenvalue weighted by Gasteiger charge is -2.26. The minimum absolute atomic E-state index is 0.0755. The molecule has 0 heterocycles. The number of nitro benzene ring substituents is 1. The van der Waals surface area contributed by atoms with E-state index in [1.165, 1.54) is 17.7 Å². The van der Waals surface area contributed by atoms with Crippen molar-refractivity contribution >= 4 is 17.3 Å². The molecule has 0 atom stereocenters. The number of anilines is 1. The number of nitrogens with one attached hydrogen (secondary N) is 1. The summed E-state index contributed by atoms with van der Waals surface area (Å²) in [6.45, 7) is 5.90. The van der Waals surface area contributed by atoms with Crippen molar-refractivity contribution in [1.82, 2.24) is 0 Å². The number of carbonyl (C=O) groups excluding carboxylic acids is 1. The van der Waals surface area contributed by atoms with E-state index in [-0.39, 0.29) is 23.6 Å². The molecule has 1 amide bonds. The quantitative estimate of drug-likeness (QED) is 0.431. The van der Waals surface area contributed by atoms with Gasteiger partial charge in [-0.05, 0) is 35.7 Å². The van der Waals surface area contributed by atoms with Crippen LogP contribution in [0.25, 0.3) is 0 Å². The van der Waals surface area contributed by atoms with Crippen LogP contribution in [-0.4, -0.2) is 17.4 Å². The number of ether oxygens (including phenoxy) is 1. The topological polar surface area (TPSA) is 81.5 Å². The van der Waals surface area contributed by atoms with Gasteiger partial charge in [-0.25, -0.2) is 0 Å². The molecular weight excluding hydrogens is 380 g/mol. The second-order valence-electron chi connectivity index (χ2n) is 7.61. The molecular formula is C24H24N2O4. The smallest absolute Gasteiger partial charge is 0.271 e. The number of aryl methyl sites for hydroxylation is 1. The third kappa shape index (κ3) is 4.84. The second-order valence-corrected chi connectivity index (χ2v) is 7.61. The molecule has 6 heteroatoms. The number of amides is 1. The molecule has 0 fully saturated rings. The van der Waals surface area contributed by atoms with Gasteiger partial charge in [0.25, 0.3) is 11.6 Å². The largest absolute Gasteiger partial charge is 0.484 e. The van der Waals surface area contributed by atoms with Gasteiger partial charge in [-0.3, -0.25) is 14.9 Å². The Morgan fingerprint density at radius 1 is 1.00 bits per heavy atom. The molecule has 0 spiro atoms. The van der Waals surface area contributed by atoms with Crippen LogP contribution >= 0.6 is 0 Å². The number of carbonyl (C=O) groups is 1. The highest BCUT2D eigenvalue weighted by molar-refractivity contribution is 5.93. The summed E-state index contributed by atoms with van der Waals surface area (Å²) in [5, 5.41) is 13.6. The molecule has 154 valence electrons. The predicted octanol–water partition coefficient (Wildman–Crippen LogP) is 5.25. The Balaban J connectivity index is 1.62. The molecule has 3 aromatic carbocycles. The van der Waals surface area contributed by atoms with E-state index < -0.39 is 4.92 Å². The van der Waals surface area contributed by atoms with Crippen LogP contribution in [0.15, 0.2) is 72.8 Å². The van der Waals surface area contributed by atoms with Crippen LogP contribution in [0.5, 0.6) is 5.75 Å². The number of non-ortho nitro benzene ring substituents is 1. The van der Waals surface area contributed by atoms with Crippen molar-refractivity contribution in [3.63, 3.8) is 0 Å². The number of rotatable bonds is 7. The fraction of sp³-hybridized carbons (Fsp3) is 0.208. The van der Waals surface area contributed by atoms with Crippen molar-refractivity contribution in [2.45, 2.75) is 26.2 Å². The Labute approximate surface area is 175 Å². The van der Waals surface area contributed by atoms with Gasteiger partial charge in [-0.1, -0.05) is 62.4 Å². The summed E-state index contributed by atoms with van der Waals surface area (Å²) in [5.74, 6) is 0.195. The number of benzene rings is 3. The SMILES string of the molecule is Cc1ccc([N+](=O)[O-])cc1NC(=O)COc1ccc(C(C)(C)c2ccccc2)cc1. The van der Waals surface area contributed by atoms with Gasteiger partial charge in [0, 0.05) is 17.5 Å². The zero-order chi connectivity index (χ0) is 21.7. The Bertz CT molecular complexity index is 1040. The first-order valence-electron chi connectivity index (χ1n) is 9.61. The molecule has 0 saturated carbocycles. The minimum atomic E-state index is -0.496. The van der Waals surface area contributed by atoms with Crippen molar-refractivity contribution in [3.05, 3.63) is 99.6 Å². The van der Waals surface area contributed by atoms with Crippen molar-refractivity contribution in [2.75, 3.05) is 11.9 Å². The molecule has 0 aliphatic rings. The van der Waals surface area contributed by atoms with Crippen molar-refractivity contribution < 1.29 is 14.5 Å². The molecule has 0 bridgehead atoms. The lowest BCUT2D eigenvalue weighted by molar-refractivity contribution is -0.384. The lowest BCUT2D eigenvalue weighted by atomic mass is 9.78. The normalized spacial score (nSPS) is 11.0. The van der Waals surface area contributed by atoms with Gasteiger partial charge >= 0.3 is 0 Å². The first-order valence-corrected chi connectivity index (χ1v) is 9.61. The van der Waals surface area contributed by atoms with Crippen LogP contribution < -0.4 is 10.1 Å². The number of nitro groups is 1. The summed E-state index contributed by atoms with van der Waals surface area (Å²) in [4.78, 5) is 22.6. The Morgan fingerprint density at radius 3 is 2.27 bits per heavy atom. The summed E-state index contributed by atoms with van der Waals surface area (Å²) in [6.07, 6.45) is 0. The van der Waals surface area contributed by atoms with Crippen molar-refractivity contribution in [3.8, 4) is 5.75 Å². The van der Waals surface area contributed by atoms with E-state index in [9.17, 15) is 14.9 Å². The Morgan fingerprint density at radius 2 is 1.63 bits per heavy atom. The van der Waals surface area contributed by atoms with Gasteiger partial charge in [0.2, 0.25) is 0 Å². The molecule has 0 unspecified atom stereocenters. The lowest BCUT2D eigenvalue weighted by Crippen LogP contribution is -2.21. The third-order valence-electron chi connectivity index (χ3n) is 5.15. The molecule has 3 rings (SSSR count). The fourth-order valence-electron chi connectivity index (χ4n) is 3.18. The van der Waals surface area contributed by atoms with E-state index in [0.717, 1.165) is 11.1 Å². The average molecular weight is 404 g/mol. The number of hydrogen-bond donors (Lipinski definition) is 1. The molecule has 0 radical (unpaired) electrons. The molecule has 0 aliphatic carbocycles. The van der Waals surface area contributed by atoms with Gasteiger partial charge in [-0.15, -0.1) is 0 Å². The summed E-state index contributed by atoms with van der Waals surface area (Å²) in [5.41, 5.74) is 3.26. The van der Waals surface area contributed by atoms with E-state index in [1.54, 1.807) is 13.0 Å². The molecule has 3 aromatic rings. The maximum absolute atomic E-state index is 12.2. The first-order chi connectivity index (χ1) is 14.3. The highest BCUT2D eigenvalue weighted by atomic mass is 16.6. The van der Waals surface area contributed by atoms with Gasteiger partial charge < -0.3 is 10.1 Å². The molecule has 0 aromatic heterocycles. The summed E-state index contributed by atoms with van der Waals surface area (Å²) < 4.78 is 5.59. The van der Waals surface area contributed by atoms with E-state index in [2.05, 4.69) is 31.3 Å². The van der Waals surface area contributed by atoms with Crippen LogP contribution in [0, 0.1) is 17.0 Å². The summed E-state index contributed by atoms with van der Waals surface area (Å²) in [7, 11) is 0. The van der Waals surface area contributed by atoms with Crippen molar-refractivity contribution in [2.24, 2.45) is 0 Å². The molecule has 30 heavy (non-hydrogen) atoms. The predicted molar refractivity (Wildman–Crippen MR) is 117 cm³/mol. The zero-order valence-corrected chi connectivity index (χ0v) is 17.2. The maximum Gasteiger partial charge on any atom is 0.271 e. The van der Waals surface area contributed by atoms with Gasteiger partial charge in [-0.2, -0.15) is 0 Å². The monoisotopic (exact) mass is 404 g/mol. The minimum Gasteiger partial charge on any atom is -0.484 e. The van der Waals surface area contributed by atoms with E-state index in [4.69, 9.17) is 4.74 Å². The van der Waals surface area contributed by atoms with Crippen LogP contribution in [0.2, 0.25) is 0 Å². The summed E-state index contributed by atoms with van der Waals surface area (Å²) in [6, 6.07) is 22.3. The number of hydrogen-bond acceptors (Lipinski definition) is 4. The van der Waals surface area contributed by atoms with Gasteiger partial charge in [0.05, 0.1) is 10.6 Å². The van der Waals surface area contributed by atoms with E-state index in [1.807, 2.05) is 42.5 Å². The fourth-order valence-corrected chi connectivity index (χ4v) is 3.18. The number of nitrogens with zero attached hydrogens (tertiary/aromatic N) is 1. The standard InChI is InChI=1S/C24H24N2O4/c1-17-9-12-20(26(28)29)15-22(17)25-23(27)16-30-21-13-10-19(11-14-21)24(2,3)18-7-5-4-6-8-18/h4-15H,16H2,1-3H3,(H,25,27). The Kier molecular flexibility index (Phi) is 6.16. The van der Waals surface area contributed by atoms with Gasteiger partial charge in [0.15, 0.2) is 6.61 Å². The van der Waals surface area contributed by atoms with Crippen LogP contribution in [0.1, 0.15) is 30.5 Å². The zero-order valence-electron chi connectivity index (χ0n) is 17.2. The highest BCUT2D eigenvalue weighted by Gasteiger charge is 2.22. The average Bonchev–Trinajstić information content (AvgIpc) is 2.74. The van der Waals surface area contributed by atoms with Gasteiger partial charge in [0.1, 0.15) is 5.75 Å². The van der Waals surface area contributed by atoms with Crippen LogP contribution in [0.3, 0.4) is 0 Å². The van der Waals surface area contributed by atoms with E-state index >= 15 is 0 Å². The first kappa shape index (κ1) is 21.0. The van der Waals surface area contributed by atoms with Crippen molar-refractivity contribution in [1.29, 1.82) is 0 Å². The highest BCUT2D eigenvalue weighted by Crippen LogP contribution is 2.32. The molecule has 1 N–H and O–H groups in total. The molecule has 0 aliphatic heterocycles. The summed E-state index contributed by atoms with van der Waals surface area (Å²) >= 11 is 0. The Hall–Kier alpha value is -3.67. The maximum atomic E-state index is 12.2. The van der Waals surface area contributed by atoms with Crippen LogP contribution in [-0.2, 0) is 10.2 Å². The third-order valence-corrected chi connectivity index (χ3v) is 5.15. The van der Waals surface area contributed by atoms with E-state index in [0.29, 0.717) is 11.4 Å². The molecule has 0 saturated heterocycles. The molecule has 6 nitrogen and oxygen atoms in total.